The van der Waals surface area contributed by atoms with Gasteiger partial charge >= 0.3 is 0 Å². The lowest BCUT2D eigenvalue weighted by Crippen LogP contribution is -2.43. The summed E-state index contributed by atoms with van der Waals surface area (Å²) < 4.78 is 24.2. The van der Waals surface area contributed by atoms with Crippen LogP contribution in [0.25, 0.3) is 0 Å². The van der Waals surface area contributed by atoms with Crippen LogP contribution in [0.5, 0.6) is 0 Å². The zero-order valence-electron chi connectivity index (χ0n) is 9.02. The number of likely N-dealkylation sites (N-methyl/N-ethyl adjacent to an activating group) is 1. The number of aliphatic hydroxyl groups excluding tert-OH is 1. The fraction of sp³-hybridized carbons (Fsp3) is 1.00. The van der Waals surface area contributed by atoms with Crippen LogP contribution >= 0.6 is 0 Å². The standard InChI is InChI=1S/C9H19NO4S/c1-10(15(13,14)7-6-11)8-9(12)4-2-3-5-9/h11-12H,2-8H2,1H3. The van der Waals surface area contributed by atoms with Gasteiger partial charge in [0.05, 0.1) is 18.0 Å². The Bertz CT molecular complexity index is 295. The first-order valence-electron chi connectivity index (χ1n) is 5.17. The van der Waals surface area contributed by atoms with Crippen molar-refractivity contribution in [2.75, 3.05) is 26.0 Å². The molecule has 1 aliphatic carbocycles. The lowest BCUT2D eigenvalue weighted by Gasteiger charge is -2.27. The van der Waals surface area contributed by atoms with Crippen molar-refractivity contribution in [2.24, 2.45) is 0 Å². The SMILES string of the molecule is CN(CC1(O)CCCC1)S(=O)(=O)CCO. The van der Waals surface area contributed by atoms with Gasteiger partial charge < -0.3 is 10.2 Å². The molecule has 5 nitrogen and oxygen atoms in total. The van der Waals surface area contributed by atoms with E-state index in [1.165, 1.54) is 7.05 Å². The van der Waals surface area contributed by atoms with Gasteiger partial charge in [-0.2, -0.15) is 0 Å². The molecular weight excluding hydrogens is 218 g/mol. The summed E-state index contributed by atoms with van der Waals surface area (Å²) in [5.41, 5.74) is -0.864. The molecule has 0 atom stereocenters. The number of aliphatic hydroxyl groups is 2. The molecule has 2 N–H and O–H groups in total. The van der Waals surface area contributed by atoms with Crippen LogP contribution in [0, 0.1) is 0 Å². The molecule has 0 aromatic rings. The van der Waals surface area contributed by atoms with Crippen LogP contribution in [0.4, 0.5) is 0 Å². The van der Waals surface area contributed by atoms with Gasteiger partial charge in [-0.05, 0) is 12.8 Å². The lowest BCUT2D eigenvalue weighted by molar-refractivity contribution is 0.0333. The first kappa shape index (κ1) is 12.9. The Labute approximate surface area is 90.8 Å². The number of nitrogens with zero attached hydrogens (tertiary/aromatic N) is 1. The van der Waals surface area contributed by atoms with E-state index in [1.807, 2.05) is 0 Å². The van der Waals surface area contributed by atoms with E-state index in [-0.39, 0.29) is 18.9 Å². The molecule has 0 spiro atoms. The molecule has 1 saturated carbocycles. The lowest BCUT2D eigenvalue weighted by atomic mass is 10.0. The van der Waals surface area contributed by atoms with E-state index >= 15 is 0 Å². The van der Waals surface area contributed by atoms with Crippen LogP contribution in [-0.4, -0.2) is 54.5 Å². The highest BCUT2D eigenvalue weighted by molar-refractivity contribution is 7.89. The maximum absolute atomic E-state index is 11.5. The fourth-order valence-corrected chi connectivity index (χ4v) is 2.95. The summed E-state index contributed by atoms with van der Waals surface area (Å²) in [6.07, 6.45) is 3.22. The molecule has 0 bridgehead atoms. The maximum Gasteiger partial charge on any atom is 0.216 e. The van der Waals surface area contributed by atoms with Gasteiger partial charge in [-0.1, -0.05) is 12.8 Å². The average molecular weight is 237 g/mol. The molecule has 1 fully saturated rings. The first-order valence-corrected chi connectivity index (χ1v) is 6.78. The van der Waals surface area contributed by atoms with Gasteiger partial charge in [0, 0.05) is 13.6 Å². The van der Waals surface area contributed by atoms with E-state index in [9.17, 15) is 13.5 Å². The Kier molecular flexibility index (Phi) is 4.11. The summed E-state index contributed by atoms with van der Waals surface area (Å²) in [5, 5.41) is 18.6. The third kappa shape index (κ3) is 3.41. The monoisotopic (exact) mass is 237 g/mol. The van der Waals surface area contributed by atoms with Gasteiger partial charge in [0.2, 0.25) is 10.0 Å². The Morgan fingerprint density at radius 2 is 1.87 bits per heavy atom. The first-order chi connectivity index (χ1) is 6.90. The number of rotatable bonds is 5. The Hall–Kier alpha value is -0.170. The molecule has 15 heavy (non-hydrogen) atoms. The predicted molar refractivity (Wildman–Crippen MR) is 56.9 cm³/mol. The summed E-state index contributed by atoms with van der Waals surface area (Å²) in [6, 6.07) is 0. The molecule has 0 radical (unpaired) electrons. The number of sulfonamides is 1. The zero-order valence-corrected chi connectivity index (χ0v) is 9.83. The smallest absolute Gasteiger partial charge is 0.216 e. The van der Waals surface area contributed by atoms with E-state index in [0.29, 0.717) is 12.8 Å². The van der Waals surface area contributed by atoms with Gasteiger partial charge in [-0.3, -0.25) is 0 Å². The summed E-state index contributed by atoms with van der Waals surface area (Å²) in [5.74, 6) is -0.278. The van der Waals surface area contributed by atoms with Crippen LogP contribution in [0.1, 0.15) is 25.7 Å². The molecule has 90 valence electrons. The third-order valence-corrected chi connectivity index (χ3v) is 4.65. The van der Waals surface area contributed by atoms with Crippen molar-refractivity contribution in [3.8, 4) is 0 Å². The molecule has 6 heteroatoms. The van der Waals surface area contributed by atoms with Crippen molar-refractivity contribution in [3.05, 3.63) is 0 Å². The third-order valence-electron chi connectivity index (χ3n) is 2.88. The van der Waals surface area contributed by atoms with Gasteiger partial charge in [0.15, 0.2) is 0 Å². The summed E-state index contributed by atoms with van der Waals surface area (Å²) >= 11 is 0. The fourth-order valence-electron chi connectivity index (χ4n) is 1.98. The van der Waals surface area contributed by atoms with Crippen molar-refractivity contribution in [2.45, 2.75) is 31.3 Å². The highest BCUT2D eigenvalue weighted by atomic mass is 32.2. The van der Waals surface area contributed by atoms with Gasteiger partial charge in [0.1, 0.15) is 0 Å². The van der Waals surface area contributed by atoms with Crippen molar-refractivity contribution >= 4 is 10.0 Å². The molecule has 0 aromatic carbocycles. The Morgan fingerprint density at radius 3 is 2.33 bits per heavy atom. The predicted octanol–water partition coefficient (Wildman–Crippen LogP) is -0.455. The number of hydrogen-bond acceptors (Lipinski definition) is 4. The summed E-state index contributed by atoms with van der Waals surface area (Å²) in [4.78, 5) is 0. The van der Waals surface area contributed by atoms with Crippen molar-refractivity contribution in [1.29, 1.82) is 0 Å². The Balaban J connectivity index is 2.58. The van der Waals surface area contributed by atoms with E-state index < -0.39 is 15.6 Å². The quantitative estimate of drug-likeness (QED) is 0.678. The molecule has 0 heterocycles. The molecule has 0 amide bonds. The molecule has 0 unspecified atom stereocenters. The second-order valence-corrected chi connectivity index (χ2v) is 6.42. The van der Waals surface area contributed by atoms with Crippen LogP contribution in [-0.2, 0) is 10.0 Å². The van der Waals surface area contributed by atoms with Gasteiger partial charge in [-0.25, -0.2) is 12.7 Å². The molecule has 1 aliphatic rings. The topological polar surface area (TPSA) is 77.8 Å². The average Bonchev–Trinajstić information content (AvgIpc) is 2.51. The van der Waals surface area contributed by atoms with Crippen molar-refractivity contribution in [3.63, 3.8) is 0 Å². The maximum atomic E-state index is 11.5. The molecule has 0 aliphatic heterocycles. The molecule has 0 aromatic heterocycles. The van der Waals surface area contributed by atoms with Crippen molar-refractivity contribution in [1.82, 2.24) is 4.31 Å². The van der Waals surface area contributed by atoms with Crippen molar-refractivity contribution < 1.29 is 18.6 Å². The second kappa shape index (κ2) is 4.78. The van der Waals surface area contributed by atoms with E-state index in [4.69, 9.17) is 5.11 Å². The number of hydrogen-bond donors (Lipinski definition) is 2. The van der Waals surface area contributed by atoms with E-state index in [2.05, 4.69) is 0 Å². The minimum absolute atomic E-state index is 0.134. The van der Waals surface area contributed by atoms with Crippen LogP contribution in [0.2, 0.25) is 0 Å². The molecule has 0 saturated heterocycles. The zero-order chi connectivity index (χ0) is 11.5. The largest absolute Gasteiger partial charge is 0.395 e. The van der Waals surface area contributed by atoms with Gasteiger partial charge in [0.25, 0.3) is 0 Å². The summed E-state index contributed by atoms with van der Waals surface area (Å²) in [7, 11) is -1.97. The molecule has 1 rings (SSSR count). The van der Waals surface area contributed by atoms with E-state index in [1.54, 1.807) is 0 Å². The minimum atomic E-state index is -3.41. The Morgan fingerprint density at radius 1 is 1.33 bits per heavy atom. The van der Waals surface area contributed by atoms with Crippen LogP contribution in [0.15, 0.2) is 0 Å². The van der Waals surface area contributed by atoms with Crippen LogP contribution in [0.3, 0.4) is 0 Å². The van der Waals surface area contributed by atoms with E-state index in [0.717, 1.165) is 17.1 Å². The second-order valence-electron chi connectivity index (χ2n) is 4.23. The summed E-state index contributed by atoms with van der Waals surface area (Å²) in [6.45, 7) is -0.250. The normalized spacial score (nSPS) is 21.1. The van der Waals surface area contributed by atoms with Gasteiger partial charge in [-0.15, -0.1) is 0 Å². The highest BCUT2D eigenvalue weighted by Gasteiger charge is 2.34. The molecular formula is C9H19NO4S. The highest BCUT2D eigenvalue weighted by Crippen LogP contribution is 2.30. The minimum Gasteiger partial charge on any atom is -0.395 e. The van der Waals surface area contributed by atoms with Crippen LogP contribution < -0.4 is 0 Å².